The molecule has 0 atom stereocenters. The molecule has 0 radical (unpaired) electrons. The summed E-state index contributed by atoms with van der Waals surface area (Å²) in [6.07, 6.45) is 0.848. The molecule has 0 aliphatic rings. The number of benzene rings is 2. The highest BCUT2D eigenvalue weighted by atomic mass is 79.9. The monoisotopic (exact) mass is 493 g/mol. The van der Waals surface area contributed by atoms with Gasteiger partial charge in [-0.2, -0.15) is 0 Å². The number of hydrogen-bond acceptors (Lipinski definition) is 4. The first-order chi connectivity index (χ1) is 12.5. The van der Waals surface area contributed by atoms with Crippen LogP contribution in [-0.2, 0) is 25.5 Å². The lowest BCUT2D eigenvalue weighted by Gasteiger charge is -2.26. The highest BCUT2D eigenvalue weighted by Crippen LogP contribution is 2.31. The largest absolute Gasteiger partial charge is 0.266 e. The van der Waals surface area contributed by atoms with Crippen LogP contribution in [0.2, 0.25) is 0 Å². The van der Waals surface area contributed by atoms with Crippen LogP contribution in [0.4, 0.5) is 5.69 Å². The molecule has 9 heteroatoms. The van der Waals surface area contributed by atoms with Crippen molar-refractivity contribution in [1.29, 1.82) is 0 Å². The zero-order valence-corrected chi connectivity index (χ0v) is 19.2. The highest BCUT2D eigenvalue weighted by Gasteiger charge is 2.28. The first-order valence-electron chi connectivity index (χ1n) is 8.32. The Bertz CT molecular complexity index is 1020. The predicted molar refractivity (Wildman–Crippen MR) is 112 cm³/mol. The van der Waals surface area contributed by atoms with Gasteiger partial charge < -0.3 is 0 Å². The molecule has 5 nitrogen and oxygen atoms in total. The molecule has 0 heterocycles. The fourth-order valence-corrected chi connectivity index (χ4v) is 6.38. The number of halogens is 2. The van der Waals surface area contributed by atoms with E-state index in [0.717, 1.165) is 18.1 Å². The maximum atomic E-state index is 13.3. The van der Waals surface area contributed by atoms with E-state index in [0.29, 0.717) is 5.69 Å². The normalized spacial score (nSPS) is 12.4. The van der Waals surface area contributed by atoms with E-state index in [2.05, 4.69) is 15.9 Å². The fourth-order valence-electron chi connectivity index (χ4n) is 2.53. The number of rotatable bonds is 7. The summed E-state index contributed by atoms with van der Waals surface area (Å²) in [5, 5.41) is 0. The van der Waals surface area contributed by atoms with E-state index < -0.39 is 19.1 Å². The number of nitrogens with zero attached hydrogens (tertiary/aromatic N) is 1. The van der Waals surface area contributed by atoms with E-state index in [4.69, 9.17) is 10.7 Å². The Kier molecular flexibility index (Phi) is 7.00. The van der Waals surface area contributed by atoms with E-state index in [9.17, 15) is 16.8 Å². The molecular weight excluding hydrogens is 474 g/mol. The maximum Gasteiger partial charge on any atom is 0.264 e. The Morgan fingerprint density at radius 2 is 1.63 bits per heavy atom. The second kappa shape index (κ2) is 8.51. The molecule has 0 unspecified atom stereocenters. The Morgan fingerprint density at radius 3 is 2.11 bits per heavy atom. The number of hydrogen-bond donors (Lipinski definition) is 0. The van der Waals surface area contributed by atoms with E-state index >= 15 is 0 Å². The smallest absolute Gasteiger partial charge is 0.264 e. The highest BCUT2D eigenvalue weighted by molar-refractivity contribution is 9.10. The van der Waals surface area contributed by atoms with Crippen LogP contribution in [0.1, 0.15) is 26.3 Å². The van der Waals surface area contributed by atoms with Crippen molar-refractivity contribution in [2.75, 3.05) is 10.8 Å². The molecule has 0 bridgehead atoms. The summed E-state index contributed by atoms with van der Waals surface area (Å²) >= 11 is 3.10. The molecule has 0 saturated carbocycles. The van der Waals surface area contributed by atoms with Gasteiger partial charge in [0, 0.05) is 21.7 Å². The van der Waals surface area contributed by atoms with Gasteiger partial charge in [-0.05, 0) is 64.2 Å². The Labute approximate surface area is 173 Å². The Hall–Kier alpha value is -1.09. The van der Waals surface area contributed by atoms with E-state index in [1.807, 2.05) is 32.9 Å². The zero-order valence-electron chi connectivity index (χ0n) is 15.2. The average Bonchev–Trinajstić information content (AvgIpc) is 2.58. The molecule has 0 amide bonds. The molecule has 2 aromatic rings. The van der Waals surface area contributed by atoms with Crippen LogP contribution in [0.25, 0.3) is 0 Å². The van der Waals surface area contributed by atoms with Crippen molar-refractivity contribution in [3.05, 3.63) is 52.5 Å². The molecular formula is C18H21BrClNO4S2. The molecule has 0 N–H and O–H groups in total. The molecule has 27 heavy (non-hydrogen) atoms. The molecule has 0 spiro atoms. The predicted octanol–water partition coefficient (Wildman–Crippen LogP) is 4.79. The summed E-state index contributed by atoms with van der Waals surface area (Å²) in [7, 11) is -2.64. The molecule has 0 aliphatic heterocycles. The summed E-state index contributed by atoms with van der Waals surface area (Å²) in [5.74, 6) is 0.0669. The minimum Gasteiger partial charge on any atom is -0.266 e. The number of aryl methyl sites for hydroxylation is 1. The van der Waals surface area contributed by atoms with Crippen molar-refractivity contribution in [3.8, 4) is 0 Å². The van der Waals surface area contributed by atoms with Crippen molar-refractivity contribution in [3.63, 3.8) is 0 Å². The van der Waals surface area contributed by atoms with Gasteiger partial charge in [0.25, 0.3) is 19.1 Å². The van der Waals surface area contributed by atoms with E-state index in [1.165, 1.54) is 16.4 Å². The van der Waals surface area contributed by atoms with Gasteiger partial charge in [-0.1, -0.05) is 32.9 Å². The minimum atomic E-state index is -4.10. The molecule has 2 rings (SSSR count). The summed E-state index contributed by atoms with van der Waals surface area (Å²) < 4.78 is 51.6. The van der Waals surface area contributed by atoms with Crippen LogP contribution >= 0.6 is 26.6 Å². The van der Waals surface area contributed by atoms with Crippen molar-refractivity contribution < 1.29 is 16.8 Å². The standard InChI is InChI=1S/C18H21BrClNO4S2/c1-4-14-5-7-15(8-6-14)21(12-13(2)3)27(24,25)16-9-10-17(19)18(11-16)26(20,22)23/h5-11,13H,4,12H2,1-3H3. The van der Waals surface area contributed by atoms with Gasteiger partial charge in [0.2, 0.25) is 0 Å². The lowest BCUT2D eigenvalue weighted by Crippen LogP contribution is -2.34. The van der Waals surface area contributed by atoms with Crippen LogP contribution < -0.4 is 4.31 Å². The van der Waals surface area contributed by atoms with Gasteiger partial charge in [0.15, 0.2) is 0 Å². The summed E-state index contributed by atoms with van der Waals surface area (Å²) in [4.78, 5) is -0.416. The lowest BCUT2D eigenvalue weighted by atomic mass is 10.1. The number of sulfonamides is 1. The molecule has 0 aromatic heterocycles. The molecule has 2 aromatic carbocycles. The SMILES string of the molecule is CCc1ccc(N(CC(C)C)S(=O)(=O)c2ccc(Br)c(S(=O)(=O)Cl)c2)cc1. The van der Waals surface area contributed by atoms with Gasteiger partial charge in [0.05, 0.1) is 15.5 Å². The first-order valence-corrected chi connectivity index (χ1v) is 12.9. The fraction of sp³-hybridized carbons (Fsp3) is 0.333. The quantitative estimate of drug-likeness (QED) is 0.519. The van der Waals surface area contributed by atoms with Gasteiger partial charge in [-0.3, -0.25) is 4.31 Å². The summed E-state index contributed by atoms with van der Waals surface area (Å²) in [5.41, 5.74) is 1.62. The van der Waals surface area contributed by atoms with Crippen molar-refractivity contribution in [1.82, 2.24) is 0 Å². The third-order valence-corrected chi connectivity index (χ3v) is 8.02. The topological polar surface area (TPSA) is 71.5 Å². The van der Waals surface area contributed by atoms with Gasteiger partial charge in [-0.25, -0.2) is 16.8 Å². The lowest BCUT2D eigenvalue weighted by molar-refractivity contribution is 0.577. The summed E-state index contributed by atoms with van der Waals surface area (Å²) in [6, 6.07) is 11.1. The van der Waals surface area contributed by atoms with E-state index in [-0.39, 0.29) is 26.7 Å². The van der Waals surface area contributed by atoms with Crippen LogP contribution in [-0.4, -0.2) is 23.4 Å². The van der Waals surface area contributed by atoms with Crippen LogP contribution in [0.3, 0.4) is 0 Å². The molecule has 0 fully saturated rings. The Balaban J connectivity index is 2.60. The minimum absolute atomic E-state index is 0.0669. The van der Waals surface area contributed by atoms with Crippen molar-refractivity contribution in [2.45, 2.75) is 37.0 Å². The van der Waals surface area contributed by atoms with Crippen molar-refractivity contribution in [2.24, 2.45) is 5.92 Å². The van der Waals surface area contributed by atoms with Gasteiger partial charge >= 0.3 is 0 Å². The second-order valence-corrected chi connectivity index (χ2v) is 11.7. The zero-order chi connectivity index (χ0) is 20.4. The van der Waals surface area contributed by atoms with Crippen LogP contribution in [0, 0.1) is 5.92 Å². The molecule has 0 saturated heterocycles. The first kappa shape index (κ1) is 22.2. The third-order valence-electron chi connectivity index (χ3n) is 3.92. The van der Waals surface area contributed by atoms with Crippen LogP contribution in [0.15, 0.2) is 56.7 Å². The third kappa shape index (κ3) is 5.25. The Morgan fingerprint density at radius 1 is 1.04 bits per heavy atom. The summed E-state index contributed by atoms with van der Waals surface area (Å²) in [6.45, 7) is 6.11. The van der Waals surface area contributed by atoms with Gasteiger partial charge in [-0.15, -0.1) is 0 Å². The molecule has 148 valence electrons. The number of anilines is 1. The van der Waals surface area contributed by atoms with Gasteiger partial charge in [0.1, 0.15) is 0 Å². The van der Waals surface area contributed by atoms with E-state index in [1.54, 1.807) is 12.1 Å². The molecule has 0 aliphatic carbocycles. The van der Waals surface area contributed by atoms with Crippen LogP contribution in [0.5, 0.6) is 0 Å². The average molecular weight is 495 g/mol. The van der Waals surface area contributed by atoms with Crippen molar-refractivity contribution >= 4 is 51.4 Å². The maximum absolute atomic E-state index is 13.3. The second-order valence-electron chi connectivity index (χ2n) is 6.48.